The lowest BCUT2D eigenvalue weighted by atomic mass is 10.2. The van der Waals surface area contributed by atoms with Crippen molar-refractivity contribution in [3.63, 3.8) is 0 Å². The predicted molar refractivity (Wildman–Crippen MR) is 104 cm³/mol. The van der Waals surface area contributed by atoms with Crippen LogP contribution in [0.15, 0.2) is 35.2 Å². The van der Waals surface area contributed by atoms with E-state index in [-0.39, 0.29) is 32.7 Å². The highest BCUT2D eigenvalue weighted by Gasteiger charge is 2.18. The number of anilines is 2. The van der Waals surface area contributed by atoms with E-state index in [1.165, 1.54) is 18.2 Å². The molecule has 0 atom stereocenters. The third-order valence-electron chi connectivity index (χ3n) is 3.20. The molecule has 8 nitrogen and oxygen atoms in total. The molecule has 2 amide bonds. The largest absolute Gasteiger partial charge is 0.337 e. The summed E-state index contributed by atoms with van der Waals surface area (Å²) in [5.74, 6) is 0. The molecule has 2 aromatic rings. The summed E-state index contributed by atoms with van der Waals surface area (Å²) in [4.78, 5) is 18.1. The maximum Gasteiger partial charge on any atom is 0.337 e. The Hall–Kier alpha value is -2.98. The third kappa shape index (κ3) is 5.02. The SMILES string of the molecule is [C-]#[N+]c1cc(NNC(=O)Nc2cc(Cl)ccc2Cl)c(S(C)(=O)=O)cc1[N+]#[C-]. The first-order valence-electron chi connectivity index (χ1n) is 7.06. The molecule has 0 fully saturated rings. The van der Waals surface area contributed by atoms with Gasteiger partial charge in [-0.05, 0) is 30.3 Å². The molecule has 0 radical (unpaired) electrons. The van der Waals surface area contributed by atoms with E-state index in [0.29, 0.717) is 5.02 Å². The molecular weight excluding hydrogens is 413 g/mol. The maximum atomic E-state index is 12.0. The number of hydrazine groups is 1. The number of benzene rings is 2. The van der Waals surface area contributed by atoms with Crippen LogP contribution in [0.25, 0.3) is 9.69 Å². The van der Waals surface area contributed by atoms with Crippen LogP contribution in [0.2, 0.25) is 10.0 Å². The van der Waals surface area contributed by atoms with Crippen LogP contribution in [0.1, 0.15) is 0 Å². The van der Waals surface area contributed by atoms with Crippen molar-refractivity contribution in [1.82, 2.24) is 5.43 Å². The fraction of sp³-hybridized carbons (Fsp3) is 0.0625. The zero-order valence-corrected chi connectivity index (χ0v) is 16.0. The van der Waals surface area contributed by atoms with Gasteiger partial charge in [0.25, 0.3) is 0 Å². The smallest absolute Gasteiger partial charge is 0.305 e. The van der Waals surface area contributed by atoms with Crippen LogP contribution in [0.5, 0.6) is 0 Å². The van der Waals surface area contributed by atoms with Gasteiger partial charge in [-0.3, -0.25) is 20.5 Å². The molecule has 138 valence electrons. The number of sulfone groups is 1. The number of hydrogen-bond donors (Lipinski definition) is 3. The summed E-state index contributed by atoms with van der Waals surface area (Å²) in [5, 5.41) is 3.06. The van der Waals surface area contributed by atoms with Gasteiger partial charge in [0.2, 0.25) is 0 Å². The van der Waals surface area contributed by atoms with E-state index in [0.717, 1.165) is 12.3 Å². The standard InChI is InChI=1S/C16H11Cl2N5O3S/c1-19-12-7-14(15(27(3,25)26)8-13(12)20-2)22-23-16(24)21-11-6-9(17)4-5-10(11)18/h4-8,22H,3H3,(H2,21,23,24). The fourth-order valence-corrected chi connectivity index (χ4v) is 3.18. The van der Waals surface area contributed by atoms with E-state index in [4.69, 9.17) is 36.3 Å². The minimum absolute atomic E-state index is 0.0526. The number of urea groups is 1. The van der Waals surface area contributed by atoms with Crippen LogP contribution in [-0.2, 0) is 9.84 Å². The second-order valence-corrected chi connectivity index (χ2v) is 7.99. The first-order chi connectivity index (χ1) is 12.7. The second-order valence-electron chi connectivity index (χ2n) is 5.16. The van der Waals surface area contributed by atoms with Gasteiger partial charge in [-0.15, -0.1) is 0 Å². The molecule has 0 bridgehead atoms. The number of nitrogens with zero attached hydrogens (tertiary/aromatic N) is 2. The number of hydrogen-bond acceptors (Lipinski definition) is 4. The van der Waals surface area contributed by atoms with Crippen LogP contribution >= 0.6 is 23.2 Å². The highest BCUT2D eigenvalue weighted by Crippen LogP contribution is 2.36. The van der Waals surface area contributed by atoms with Crippen molar-refractivity contribution in [2.24, 2.45) is 0 Å². The Balaban J connectivity index is 2.27. The molecule has 0 aliphatic heterocycles. The Morgan fingerprint density at radius 2 is 1.67 bits per heavy atom. The number of carbonyl (C=O) groups excluding carboxylic acids is 1. The van der Waals surface area contributed by atoms with Crippen LogP contribution < -0.4 is 16.2 Å². The zero-order valence-electron chi connectivity index (χ0n) is 13.7. The minimum atomic E-state index is -3.73. The van der Waals surface area contributed by atoms with Crippen molar-refractivity contribution < 1.29 is 13.2 Å². The van der Waals surface area contributed by atoms with Crippen LogP contribution in [-0.4, -0.2) is 20.7 Å². The number of rotatable bonds is 4. The Labute approximate surface area is 165 Å². The molecule has 11 heteroatoms. The average molecular weight is 424 g/mol. The van der Waals surface area contributed by atoms with Gasteiger partial charge in [0.15, 0.2) is 21.2 Å². The van der Waals surface area contributed by atoms with Gasteiger partial charge in [-0.2, -0.15) is 0 Å². The van der Waals surface area contributed by atoms with Crippen molar-refractivity contribution >= 4 is 61.8 Å². The van der Waals surface area contributed by atoms with Gasteiger partial charge >= 0.3 is 6.03 Å². The van der Waals surface area contributed by atoms with Crippen molar-refractivity contribution in [1.29, 1.82) is 0 Å². The van der Waals surface area contributed by atoms with Crippen molar-refractivity contribution in [2.75, 3.05) is 17.0 Å². The van der Waals surface area contributed by atoms with Crippen molar-refractivity contribution in [2.45, 2.75) is 4.90 Å². The molecular formula is C16H11Cl2N5O3S. The summed E-state index contributed by atoms with van der Waals surface area (Å²) in [6.07, 6.45) is 0.949. The van der Waals surface area contributed by atoms with Crippen molar-refractivity contribution in [3.8, 4) is 0 Å². The Bertz CT molecular complexity index is 1100. The van der Waals surface area contributed by atoms with Gasteiger partial charge in [0.1, 0.15) is 0 Å². The van der Waals surface area contributed by atoms with E-state index in [2.05, 4.69) is 25.9 Å². The lowest BCUT2D eigenvalue weighted by Crippen LogP contribution is -2.34. The first kappa shape index (κ1) is 20.3. The van der Waals surface area contributed by atoms with E-state index in [9.17, 15) is 13.2 Å². The summed E-state index contributed by atoms with van der Waals surface area (Å²) in [6.45, 7) is 14.2. The van der Waals surface area contributed by atoms with Gasteiger partial charge in [0, 0.05) is 11.3 Å². The molecule has 0 unspecified atom stereocenters. The molecule has 0 heterocycles. The zero-order chi connectivity index (χ0) is 20.2. The second kappa shape index (κ2) is 8.14. The fourth-order valence-electron chi connectivity index (χ4n) is 2.01. The highest BCUT2D eigenvalue weighted by molar-refractivity contribution is 7.90. The van der Waals surface area contributed by atoms with Crippen LogP contribution in [0.4, 0.5) is 27.5 Å². The normalized spacial score (nSPS) is 10.4. The number of carbonyl (C=O) groups is 1. The lowest BCUT2D eigenvalue weighted by molar-refractivity contribution is 0.254. The molecule has 0 aliphatic carbocycles. The molecule has 27 heavy (non-hydrogen) atoms. The molecule has 2 rings (SSSR count). The van der Waals surface area contributed by atoms with Crippen molar-refractivity contribution in [3.05, 3.63) is 63.2 Å². The van der Waals surface area contributed by atoms with E-state index in [1.807, 2.05) is 0 Å². The summed E-state index contributed by atoms with van der Waals surface area (Å²) >= 11 is 11.8. The molecule has 0 aromatic heterocycles. The average Bonchev–Trinajstić information content (AvgIpc) is 2.61. The number of halogens is 2. The molecule has 3 N–H and O–H groups in total. The summed E-state index contributed by atoms with van der Waals surface area (Å²) in [7, 11) is -3.73. The van der Waals surface area contributed by atoms with Gasteiger partial charge in [0.05, 0.1) is 34.4 Å². The van der Waals surface area contributed by atoms with Crippen LogP contribution in [0, 0.1) is 13.1 Å². The molecule has 2 aromatic carbocycles. The minimum Gasteiger partial charge on any atom is -0.305 e. The Morgan fingerprint density at radius 1 is 1.04 bits per heavy atom. The van der Waals surface area contributed by atoms with E-state index in [1.54, 1.807) is 6.07 Å². The highest BCUT2D eigenvalue weighted by atomic mass is 35.5. The monoisotopic (exact) mass is 423 g/mol. The Morgan fingerprint density at radius 3 is 2.26 bits per heavy atom. The van der Waals surface area contributed by atoms with Gasteiger partial charge in [-0.1, -0.05) is 23.2 Å². The topological polar surface area (TPSA) is 96.0 Å². The number of nitrogens with one attached hydrogen (secondary N) is 3. The first-order valence-corrected chi connectivity index (χ1v) is 9.71. The summed E-state index contributed by atoms with van der Waals surface area (Å²) in [6, 6.07) is 5.98. The van der Waals surface area contributed by atoms with Gasteiger partial charge in [-0.25, -0.2) is 13.2 Å². The van der Waals surface area contributed by atoms with E-state index >= 15 is 0 Å². The summed E-state index contributed by atoms with van der Waals surface area (Å²) < 4.78 is 23.9. The molecule has 0 saturated heterocycles. The Kier molecular flexibility index (Phi) is 6.13. The summed E-state index contributed by atoms with van der Waals surface area (Å²) in [5.41, 5.74) is 4.72. The quantitative estimate of drug-likeness (QED) is 0.492. The molecule has 0 aliphatic rings. The lowest BCUT2D eigenvalue weighted by Gasteiger charge is -2.14. The van der Waals surface area contributed by atoms with Gasteiger partial charge < -0.3 is 5.32 Å². The third-order valence-corrected chi connectivity index (χ3v) is 4.91. The predicted octanol–water partition coefficient (Wildman–Crippen LogP) is 4.65. The van der Waals surface area contributed by atoms with Crippen LogP contribution in [0.3, 0.4) is 0 Å². The molecule has 0 saturated carbocycles. The maximum absolute atomic E-state index is 12.0. The number of amides is 2. The molecule has 0 spiro atoms. The van der Waals surface area contributed by atoms with E-state index < -0.39 is 15.9 Å².